The van der Waals surface area contributed by atoms with Gasteiger partial charge in [-0.15, -0.1) is 0 Å². The molecule has 0 radical (unpaired) electrons. The van der Waals surface area contributed by atoms with Crippen LogP contribution in [0.15, 0.2) is 24.3 Å². The minimum atomic E-state index is -0.245. The predicted molar refractivity (Wildman–Crippen MR) is 62.1 cm³/mol. The third kappa shape index (κ3) is 2.71. The summed E-state index contributed by atoms with van der Waals surface area (Å²) in [5, 5.41) is 12.6. The molecule has 2 rings (SSSR count). The SMILES string of the molecule is CN(CC1CC(O)CN1)c1cccc(F)c1. The fourth-order valence-electron chi connectivity index (χ4n) is 2.09. The average Bonchev–Trinajstić information content (AvgIpc) is 2.64. The third-order valence-electron chi connectivity index (χ3n) is 2.94. The van der Waals surface area contributed by atoms with Crippen LogP contribution in [0, 0.1) is 5.82 Å². The zero-order valence-electron chi connectivity index (χ0n) is 9.36. The molecule has 1 aliphatic rings. The van der Waals surface area contributed by atoms with Crippen molar-refractivity contribution < 1.29 is 9.50 Å². The number of rotatable bonds is 3. The summed E-state index contributed by atoms with van der Waals surface area (Å²) in [6.07, 6.45) is 0.519. The Morgan fingerprint density at radius 1 is 1.56 bits per heavy atom. The number of nitrogens with zero attached hydrogens (tertiary/aromatic N) is 1. The number of likely N-dealkylation sites (N-methyl/N-ethyl adjacent to an activating group) is 1. The van der Waals surface area contributed by atoms with Crippen LogP contribution >= 0.6 is 0 Å². The number of anilines is 1. The molecule has 1 saturated heterocycles. The first-order valence-electron chi connectivity index (χ1n) is 5.53. The minimum absolute atomic E-state index is 0.219. The van der Waals surface area contributed by atoms with Crippen molar-refractivity contribution in [2.75, 3.05) is 25.0 Å². The monoisotopic (exact) mass is 224 g/mol. The van der Waals surface area contributed by atoms with Gasteiger partial charge in [-0.2, -0.15) is 0 Å². The van der Waals surface area contributed by atoms with Crippen LogP contribution in [-0.2, 0) is 0 Å². The first-order chi connectivity index (χ1) is 7.65. The number of halogens is 1. The second kappa shape index (κ2) is 4.80. The Morgan fingerprint density at radius 3 is 3.00 bits per heavy atom. The van der Waals surface area contributed by atoms with Crippen molar-refractivity contribution in [3.8, 4) is 0 Å². The van der Waals surface area contributed by atoms with E-state index >= 15 is 0 Å². The average molecular weight is 224 g/mol. The van der Waals surface area contributed by atoms with Gasteiger partial charge in [-0.3, -0.25) is 0 Å². The zero-order valence-corrected chi connectivity index (χ0v) is 9.36. The van der Waals surface area contributed by atoms with Gasteiger partial charge in [0.05, 0.1) is 6.10 Å². The standard InChI is InChI=1S/C12H17FN2O/c1-15(8-10-6-12(16)7-14-10)11-4-2-3-9(13)5-11/h2-5,10,12,14,16H,6-8H2,1H3. The van der Waals surface area contributed by atoms with Crippen LogP contribution in [0.1, 0.15) is 6.42 Å². The number of hydrogen-bond donors (Lipinski definition) is 2. The lowest BCUT2D eigenvalue weighted by Gasteiger charge is -2.23. The summed E-state index contributed by atoms with van der Waals surface area (Å²) in [7, 11) is 1.93. The molecule has 0 saturated carbocycles. The highest BCUT2D eigenvalue weighted by atomic mass is 19.1. The first-order valence-corrected chi connectivity index (χ1v) is 5.53. The van der Waals surface area contributed by atoms with Crippen LogP contribution in [0.4, 0.5) is 10.1 Å². The molecule has 88 valence electrons. The Balaban J connectivity index is 1.95. The Bertz CT molecular complexity index is 359. The topological polar surface area (TPSA) is 35.5 Å². The van der Waals surface area contributed by atoms with E-state index in [2.05, 4.69) is 5.32 Å². The van der Waals surface area contributed by atoms with Gasteiger partial charge in [0, 0.05) is 31.9 Å². The Hall–Kier alpha value is -1.13. The van der Waals surface area contributed by atoms with Crippen molar-refractivity contribution in [2.24, 2.45) is 0 Å². The molecule has 1 fully saturated rings. The van der Waals surface area contributed by atoms with E-state index in [1.807, 2.05) is 18.0 Å². The maximum Gasteiger partial charge on any atom is 0.125 e. The van der Waals surface area contributed by atoms with Crippen molar-refractivity contribution in [1.82, 2.24) is 5.32 Å². The second-order valence-electron chi connectivity index (χ2n) is 4.36. The molecule has 4 heteroatoms. The highest BCUT2D eigenvalue weighted by molar-refractivity contribution is 5.45. The molecule has 2 N–H and O–H groups in total. The Kier molecular flexibility index (Phi) is 3.41. The van der Waals surface area contributed by atoms with Crippen molar-refractivity contribution in [1.29, 1.82) is 0 Å². The van der Waals surface area contributed by atoms with Crippen molar-refractivity contribution in [3.05, 3.63) is 30.1 Å². The summed E-state index contributed by atoms with van der Waals surface area (Å²) < 4.78 is 13.0. The molecule has 1 aliphatic heterocycles. The van der Waals surface area contributed by atoms with E-state index in [1.165, 1.54) is 12.1 Å². The molecule has 1 aromatic rings. The minimum Gasteiger partial charge on any atom is -0.392 e. The third-order valence-corrected chi connectivity index (χ3v) is 2.94. The number of benzene rings is 1. The molecule has 0 spiro atoms. The smallest absolute Gasteiger partial charge is 0.125 e. The molecule has 1 aromatic carbocycles. The molecule has 16 heavy (non-hydrogen) atoms. The van der Waals surface area contributed by atoms with Crippen molar-refractivity contribution in [2.45, 2.75) is 18.6 Å². The van der Waals surface area contributed by atoms with E-state index in [1.54, 1.807) is 6.07 Å². The van der Waals surface area contributed by atoms with Gasteiger partial charge < -0.3 is 15.3 Å². The van der Waals surface area contributed by atoms with Gasteiger partial charge in [-0.25, -0.2) is 4.39 Å². The van der Waals surface area contributed by atoms with Crippen LogP contribution < -0.4 is 10.2 Å². The highest BCUT2D eigenvalue weighted by Gasteiger charge is 2.23. The lowest BCUT2D eigenvalue weighted by atomic mass is 10.2. The fourth-order valence-corrected chi connectivity index (χ4v) is 2.09. The van der Waals surface area contributed by atoms with E-state index in [0.29, 0.717) is 6.54 Å². The maximum atomic E-state index is 13.0. The number of hydrogen-bond acceptors (Lipinski definition) is 3. The van der Waals surface area contributed by atoms with E-state index in [0.717, 1.165) is 18.7 Å². The number of aliphatic hydroxyl groups is 1. The van der Waals surface area contributed by atoms with Gasteiger partial charge in [0.25, 0.3) is 0 Å². The summed E-state index contributed by atoms with van der Waals surface area (Å²) in [6.45, 7) is 1.43. The first kappa shape index (κ1) is 11.4. The van der Waals surface area contributed by atoms with Crippen LogP contribution in [-0.4, -0.2) is 37.4 Å². The maximum absolute atomic E-state index is 13.0. The van der Waals surface area contributed by atoms with E-state index in [4.69, 9.17) is 0 Å². The Morgan fingerprint density at radius 2 is 2.38 bits per heavy atom. The summed E-state index contributed by atoms with van der Waals surface area (Å²) in [6, 6.07) is 6.83. The van der Waals surface area contributed by atoms with Crippen LogP contribution in [0.5, 0.6) is 0 Å². The fraction of sp³-hybridized carbons (Fsp3) is 0.500. The van der Waals surface area contributed by atoms with Crippen LogP contribution in [0.25, 0.3) is 0 Å². The number of β-amino-alcohol motifs (C(OH)–C–C–N with tert-alkyl or cyclic N) is 1. The molecular weight excluding hydrogens is 207 g/mol. The molecule has 0 amide bonds. The van der Waals surface area contributed by atoms with E-state index < -0.39 is 0 Å². The normalized spacial score (nSPS) is 24.7. The lowest BCUT2D eigenvalue weighted by molar-refractivity contribution is 0.193. The summed E-state index contributed by atoms with van der Waals surface area (Å²) in [5.74, 6) is -0.219. The molecule has 0 aromatic heterocycles. The Labute approximate surface area is 94.9 Å². The van der Waals surface area contributed by atoms with Crippen LogP contribution in [0.2, 0.25) is 0 Å². The quantitative estimate of drug-likeness (QED) is 0.803. The summed E-state index contributed by atoms with van der Waals surface area (Å²) in [5.41, 5.74) is 0.864. The van der Waals surface area contributed by atoms with Gasteiger partial charge in [0.1, 0.15) is 5.82 Å². The lowest BCUT2D eigenvalue weighted by Crippen LogP contribution is -2.35. The summed E-state index contributed by atoms with van der Waals surface area (Å²) in [4.78, 5) is 2.00. The van der Waals surface area contributed by atoms with Gasteiger partial charge in [-0.1, -0.05) is 6.07 Å². The van der Waals surface area contributed by atoms with Crippen molar-refractivity contribution in [3.63, 3.8) is 0 Å². The zero-order chi connectivity index (χ0) is 11.5. The highest BCUT2D eigenvalue weighted by Crippen LogP contribution is 2.16. The molecule has 1 heterocycles. The van der Waals surface area contributed by atoms with Gasteiger partial charge in [0.2, 0.25) is 0 Å². The van der Waals surface area contributed by atoms with Crippen molar-refractivity contribution >= 4 is 5.69 Å². The molecule has 2 unspecified atom stereocenters. The van der Waals surface area contributed by atoms with Crippen LogP contribution in [0.3, 0.4) is 0 Å². The second-order valence-corrected chi connectivity index (χ2v) is 4.36. The van der Waals surface area contributed by atoms with E-state index in [9.17, 15) is 9.50 Å². The largest absolute Gasteiger partial charge is 0.392 e. The number of nitrogens with one attached hydrogen (secondary N) is 1. The predicted octanol–water partition coefficient (Wildman–Crippen LogP) is 0.985. The molecule has 0 aliphatic carbocycles. The summed E-state index contributed by atoms with van der Waals surface area (Å²) >= 11 is 0. The molecule has 0 bridgehead atoms. The van der Waals surface area contributed by atoms with Gasteiger partial charge in [-0.05, 0) is 24.6 Å². The molecule has 2 atom stereocenters. The van der Waals surface area contributed by atoms with Gasteiger partial charge in [0.15, 0.2) is 0 Å². The van der Waals surface area contributed by atoms with Gasteiger partial charge >= 0.3 is 0 Å². The molecule has 3 nitrogen and oxygen atoms in total. The number of aliphatic hydroxyl groups excluding tert-OH is 1. The van der Waals surface area contributed by atoms with E-state index in [-0.39, 0.29) is 18.0 Å². The molecular formula is C12H17FN2O.